The number of amides is 1. The van der Waals surface area contributed by atoms with Gasteiger partial charge < -0.3 is 44.5 Å². The normalized spacial score (nSPS) is 12.5. The lowest BCUT2D eigenvalue weighted by Crippen LogP contribution is -2.36. The first-order valence-corrected chi connectivity index (χ1v) is 16.4. The van der Waals surface area contributed by atoms with Crippen LogP contribution in [0.1, 0.15) is 99.3 Å². The molecule has 0 rings (SSSR count). The Balaban J connectivity index is 0. The molecule has 0 aliphatic heterocycles. The largest absolute Gasteiger partial charge is 0.370 e. The number of hydrogen-bond donors (Lipinski definition) is 7. The fraction of sp³-hybridized carbons (Fsp3) is 0.750. The molecule has 0 saturated heterocycles. The number of nitrogens with two attached hydrogens (primary N) is 6. The van der Waals surface area contributed by atoms with E-state index < -0.39 is 5.92 Å². The Morgan fingerprint density at radius 1 is 0.596 bits per heavy atom. The van der Waals surface area contributed by atoms with Gasteiger partial charge in [-0.15, -0.1) is 0 Å². The van der Waals surface area contributed by atoms with Crippen molar-refractivity contribution < 1.29 is 24.0 Å². The molecular weight excluding hydrogens is 604 g/mol. The Labute approximate surface area is 280 Å². The molecule has 1 amide bonds. The van der Waals surface area contributed by atoms with Gasteiger partial charge in [0.2, 0.25) is 5.91 Å². The first-order valence-electron chi connectivity index (χ1n) is 16.4. The van der Waals surface area contributed by atoms with Crippen molar-refractivity contribution in [2.45, 2.75) is 99.3 Å². The lowest BCUT2D eigenvalue weighted by atomic mass is 9.87. The Morgan fingerprint density at radius 3 is 1.28 bits per heavy atom. The van der Waals surface area contributed by atoms with Gasteiger partial charge in [0, 0.05) is 62.1 Å². The van der Waals surface area contributed by atoms with E-state index in [1.165, 1.54) is 6.92 Å². The van der Waals surface area contributed by atoms with Gasteiger partial charge in [-0.05, 0) is 51.9 Å². The number of nitrogens with one attached hydrogen (secondary N) is 1. The van der Waals surface area contributed by atoms with Crippen LogP contribution in [0.15, 0.2) is 15.0 Å². The number of carbonyl (C=O) groups excluding carboxylic acids is 5. The maximum Gasteiger partial charge on any atom is 0.223 e. The summed E-state index contributed by atoms with van der Waals surface area (Å²) >= 11 is 0. The molecule has 0 aliphatic carbocycles. The molecule has 0 saturated carbocycles. The maximum atomic E-state index is 12.4. The zero-order chi connectivity index (χ0) is 36.5. The number of aliphatic imine (C=N–C) groups is 3. The van der Waals surface area contributed by atoms with Gasteiger partial charge in [0.15, 0.2) is 23.7 Å². The quantitative estimate of drug-likeness (QED) is 0.0431. The predicted octanol–water partition coefficient (Wildman–Crippen LogP) is 0.897. The van der Waals surface area contributed by atoms with Crippen LogP contribution in [0, 0.1) is 29.6 Å². The SMILES string of the molecule is CC(=O)CC(CCCN=C(N)N)C(=O)C(C)C.CCC(CCCN=C(N)N)C(=O)NCC(=O)CC(CCCN=C(N)N)C(=O)C(C)C. The molecule has 3 atom stereocenters. The third kappa shape index (κ3) is 24.8. The number of guanidine groups is 3. The van der Waals surface area contributed by atoms with E-state index in [2.05, 4.69) is 20.3 Å². The van der Waals surface area contributed by atoms with E-state index in [0.717, 1.165) is 0 Å². The Bertz CT molecular complexity index is 1060. The summed E-state index contributed by atoms with van der Waals surface area (Å²) in [5, 5.41) is 2.70. The van der Waals surface area contributed by atoms with Gasteiger partial charge in [0.1, 0.15) is 17.3 Å². The summed E-state index contributed by atoms with van der Waals surface area (Å²) < 4.78 is 0. The zero-order valence-electron chi connectivity index (χ0n) is 29.4. The van der Waals surface area contributed by atoms with Crippen LogP contribution in [0.3, 0.4) is 0 Å². The standard InChI is InChI=1S/C20H39N7O3.C12H23N3O2/c1-4-14(7-5-9-25-19(21)22)18(30)27-12-16(28)11-15(17(29)13(2)3)8-6-10-26-20(23)24;1-8(2)11(17)10(7-9(3)16)5-4-6-15-12(13)14/h13-15H,4-12H2,1-3H3,(H,27,30)(H4,21,22,25)(H4,23,24,26);8,10H,4-7H2,1-3H3,(H4,13,14,15). The average molecular weight is 667 g/mol. The van der Waals surface area contributed by atoms with E-state index in [-0.39, 0.29) is 83.6 Å². The summed E-state index contributed by atoms with van der Waals surface area (Å²) in [6.07, 6.45) is 4.89. The van der Waals surface area contributed by atoms with E-state index in [1.54, 1.807) is 0 Å². The van der Waals surface area contributed by atoms with Crippen LogP contribution in [0.5, 0.6) is 0 Å². The first-order chi connectivity index (χ1) is 21.9. The van der Waals surface area contributed by atoms with E-state index in [9.17, 15) is 24.0 Å². The fourth-order valence-electron chi connectivity index (χ4n) is 4.81. The summed E-state index contributed by atoms with van der Waals surface area (Å²) in [7, 11) is 0. The molecule has 13 N–H and O–H groups in total. The number of rotatable bonds is 24. The number of carbonyl (C=O) groups is 5. The van der Waals surface area contributed by atoms with Gasteiger partial charge in [-0.25, -0.2) is 0 Å². The van der Waals surface area contributed by atoms with Crippen molar-refractivity contribution in [1.82, 2.24) is 5.32 Å². The summed E-state index contributed by atoms with van der Waals surface area (Å²) in [5.74, 6) is -1.03. The van der Waals surface area contributed by atoms with Crippen LogP contribution in [-0.4, -0.2) is 73.1 Å². The second-order valence-corrected chi connectivity index (χ2v) is 12.3. The van der Waals surface area contributed by atoms with E-state index in [1.807, 2.05) is 34.6 Å². The third-order valence-corrected chi connectivity index (χ3v) is 7.29. The molecule has 0 heterocycles. The minimum Gasteiger partial charge on any atom is -0.370 e. The summed E-state index contributed by atoms with van der Waals surface area (Å²) in [4.78, 5) is 71.8. The van der Waals surface area contributed by atoms with Crippen molar-refractivity contribution in [3.8, 4) is 0 Å². The molecule has 0 aromatic heterocycles. The van der Waals surface area contributed by atoms with Crippen molar-refractivity contribution >= 4 is 46.9 Å². The maximum absolute atomic E-state index is 12.4. The van der Waals surface area contributed by atoms with Crippen LogP contribution in [-0.2, 0) is 24.0 Å². The highest BCUT2D eigenvalue weighted by atomic mass is 16.2. The molecule has 0 aromatic rings. The Kier molecular flexibility index (Phi) is 25.0. The number of Topliss-reactive ketones (excluding diaryl/α,β-unsaturated/α-hetero) is 4. The molecular formula is C32H62N10O5. The van der Waals surface area contributed by atoms with Gasteiger partial charge in [0.05, 0.1) is 6.54 Å². The molecule has 0 bridgehead atoms. The van der Waals surface area contributed by atoms with Crippen molar-refractivity contribution in [3.05, 3.63) is 0 Å². The highest BCUT2D eigenvalue weighted by molar-refractivity contribution is 5.92. The van der Waals surface area contributed by atoms with Crippen LogP contribution in [0.25, 0.3) is 0 Å². The third-order valence-electron chi connectivity index (χ3n) is 7.29. The summed E-state index contributed by atoms with van der Waals surface area (Å²) in [5.41, 5.74) is 31.6. The molecule has 0 fully saturated rings. The Hall–Kier alpha value is -4.04. The van der Waals surface area contributed by atoms with Crippen LogP contribution < -0.4 is 39.7 Å². The molecule has 15 heteroatoms. The van der Waals surface area contributed by atoms with E-state index in [0.29, 0.717) is 71.0 Å². The fourth-order valence-corrected chi connectivity index (χ4v) is 4.81. The lowest BCUT2D eigenvalue weighted by Gasteiger charge is -2.18. The topological polar surface area (TPSA) is 291 Å². The van der Waals surface area contributed by atoms with E-state index >= 15 is 0 Å². The predicted molar refractivity (Wildman–Crippen MR) is 188 cm³/mol. The van der Waals surface area contributed by atoms with Gasteiger partial charge in [-0.3, -0.25) is 34.2 Å². The minimum atomic E-state index is -0.398. The summed E-state index contributed by atoms with van der Waals surface area (Å²) in [6.45, 7) is 12.0. The first kappa shape index (κ1) is 45.1. The second kappa shape index (κ2) is 26.1. The molecule has 0 aliphatic rings. The molecule has 270 valence electrons. The molecule has 0 radical (unpaired) electrons. The zero-order valence-corrected chi connectivity index (χ0v) is 29.4. The number of hydrogen-bond acceptors (Lipinski definition) is 8. The average Bonchev–Trinajstić information content (AvgIpc) is 2.97. The van der Waals surface area contributed by atoms with Gasteiger partial charge >= 0.3 is 0 Å². The van der Waals surface area contributed by atoms with Crippen molar-refractivity contribution in [2.24, 2.45) is 79.0 Å². The van der Waals surface area contributed by atoms with Crippen molar-refractivity contribution in [2.75, 3.05) is 26.2 Å². The number of ketones is 4. The van der Waals surface area contributed by atoms with Crippen LogP contribution in [0.4, 0.5) is 0 Å². The van der Waals surface area contributed by atoms with Crippen LogP contribution in [0.2, 0.25) is 0 Å². The smallest absolute Gasteiger partial charge is 0.223 e. The minimum absolute atomic E-state index is 0.00398. The van der Waals surface area contributed by atoms with Crippen LogP contribution >= 0.6 is 0 Å². The highest BCUT2D eigenvalue weighted by Crippen LogP contribution is 2.19. The molecule has 0 spiro atoms. The number of nitrogens with zero attached hydrogens (tertiary/aromatic N) is 3. The van der Waals surface area contributed by atoms with Crippen molar-refractivity contribution in [1.29, 1.82) is 0 Å². The highest BCUT2D eigenvalue weighted by Gasteiger charge is 2.25. The molecule has 15 nitrogen and oxygen atoms in total. The molecule has 47 heavy (non-hydrogen) atoms. The summed E-state index contributed by atoms with van der Waals surface area (Å²) in [6, 6.07) is 0. The lowest BCUT2D eigenvalue weighted by molar-refractivity contribution is -0.131. The van der Waals surface area contributed by atoms with E-state index in [4.69, 9.17) is 34.4 Å². The Morgan fingerprint density at radius 2 is 0.957 bits per heavy atom. The van der Waals surface area contributed by atoms with Crippen molar-refractivity contribution in [3.63, 3.8) is 0 Å². The second-order valence-electron chi connectivity index (χ2n) is 12.3. The molecule has 3 unspecified atom stereocenters. The monoisotopic (exact) mass is 666 g/mol. The molecule has 0 aromatic carbocycles. The van der Waals surface area contributed by atoms with Gasteiger partial charge in [-0.2, -0.15) is 0 Å². The van der Waals surface area contributed by atoms with Gasteiger partial charge in [-0.1, -0.05) is 34.6 Å². The van der Waals surface area contributed by atoms with Gasteiger partial charge in [0.25, 0.3) is 0 Å².